The predicted octanol–water partition coefficient (Wildman–Crippen LogP) is 2.48. The molecule has 0 radical (unpaired) electrons. The van der Waals surface area contributed by atoms with Crippen molar-refractivity contribution in [2.75, 3.05) is 34.2 Å². The molecule has 2 aromatic rings. The van der Waals surface area contributed by atoms with Crippen LogP contribution in [0.1, 0.15) is 36.2 Å². The number of hydrogen-bond acceptors (Lipinski definition) is 6. The zero-order chi connectivity index (χ0) is 22.9. The van der Waals surface area contributed by atoms with E-state index in [0.717, 1.165) is 11.3 Å². The molecule has 0 amide bonds. The number of halogens is 1. The fourth-order valence-electron chi connectivity index (χ4n) is 3.53. The van der Waals surface area contributed by atoms with Crippen LogP contribution in [0.15, 0.2) is 45.2 Å². The van der Waals surface area contributed by atoms with E-state index in [1.54, 1.807) is 24.4 Å². The summed E-state index contributed by atoms with van der Waals surface area (Å²) in [5, 5.41) is 6.84. The van der Waals surface area contributed by atoms with Gasteiger partial charge in [-0.2, -0.15) is 5.10 Å². The highest BCUT2D eigenvalue weighted by atomic mass is 35.5. The van der Waals surface area contributed by atoms with Crippen LogP contribution < -0.4 is 4.72 Å². The monoisotopic (exact) mass is 477 g/mol. The van der Waals surface area contributed by atoms with Crippen LogP contribution in [0.2, 0.25) is 0 Å². The molecule has 2 heterocycles. The smallest absolute Gasteiger partial charge is 0.240 e. The molecule has 4 rings (SSSR count). The lowest BCUT2D eigenvalue weighted by atomic mass is 10.1. The number of rotatable bonds is 8. The van der Waals surface area contributed by atoms with Gasteiger partial charge in [-0.15, -0.1) is 11.6 Å². The van der Waals surface area contributed by atoms with Gasteiger partial charge in [0.15, 0.2) is 5.82 Å². The number of aromatic amines is 1. The summed E-state index contributed by atoms with van der Waals surface area (Å²) in [7, 11) is 2.01. The van der Waals surface area contributed by atoms with Gasteiger partial charge in [-0.3, -0.25) is 10.1 Å². The van der Waals surface area contributed by atoms with E-state index in [1.807, 2.05) is 43.1 Å². The van der Waals surface area contributed by atoms with E-state index in [4.69, 9.17) is 11.6 Å². The molecule has 2 unspecified atom stereocenters. The van der Waals surface area contributed by atoms with Gasteiger partial charge in [-0.25, -0.2) is 18.1 Å². The third-order valence-corrected chi connectivity index (χ3v) is 7.25. The Balaban J connectivity index is 1.56. The molecule has 1 aromatic heterocycles. The Bertz CT molecular complexity index is 1120. The summed E-state index contributed by atoms with van der Waals surface area (Å²) >= 11 is 6.48. The van der Waals surface area contributed by atoms with Crippen molar-refractivity contribution in [3.8, 4) is 0 Å². The molecule has 2 aliphatic rings. The van der Waals surface area contributed by atoms with Crippen molar-refractivity contribution in [1.82, 2.24) is 24.7 Å². The fourth-order valence-corrected chi connectivity index (χ4v) is 4.87. The molecule has 1 aromatic carbocycles. The largest absolute Gasteiger partial charge is 0.336 e. The van der Waals surface area contributed by atoms with Crippen molar-refractivity contribution < 1.29 is 8.42 Å². The molecule has 1 aliphatic carbocycles. The Hall–Kier alpha value is -2.27. The third-order valence-electron chi connectivity index (χ3n) is 5.48. The average Bonchev–Trinajstić information content (AvgIpc) is 3.49. The second kappa shape index (κ2) is 9.30. The highest BCUT2D eigenvalue weighted by Gasteiger charge is 2.30. The number of hydrogen-bond donors (Lipinski definition) is 2. The van der Waals surface area contributed by atoms with Crippen molar-refractivity contribution in [1.29, 1.82) is 0 Å². The van der Waals surface area contributed by atoms with Gasteiger partial charge in [0.05, 0.1) is 4.90 Å². The first-order chi connectivity index (χ1) is 15.2. The zero-order valence-corrected chi connectivity index (χ0v) is 19.9. The van der Waals surface area contributed by atoms with E-state index in [9.17, 15) is 8.42 Å². The molecule has 172 valence electrons. The van der Waals surface area contributed by atoms with Crippen molar-refractivity contribution in [2.24, 2.45) is 9.98 Å². The SMILES string of the molecule is CN(C)CCNS(=O)(=O)c1cccc(C2N=CC(Cl)C(=Nc3cc(C4CC4)[nH]n3)N2C)c1. The Morgan fingerprint density at radius 3 is 2.81 bits per heavy atom. The lowest BCUT2D eigenvalue weighted by Gasteiger charge is -2.33. The standard InChI is InChI=1S/C21H28ClN7O2S/c1-28(2)10-9-24-32(30,31)16-6-4-5-15(11-16)20-23-13-17(22)21(29(20)3)25-19-12-18(26-27-19)14-7-8-14/h4-6,11-14,17,20,24H,7-10H2,1-3H3,(H,26,27). The minimum Gasteiger partial charge on any atom is -0.336 e. The van der Waals surface area contributed by atoms with E-state index in [1.165, 1.54) is 12.8 Å². The first kappa shape index (κ1) is 22.9. The van der Waals surface area contributed by atoms with Gasteiger partial charge in [0.25, 0.3) is 0 Å². The molecule has 0 bridgehead atoms. The van der Waals surface area contributed by atoms with Gasteiger partial charge in [0.2, 0.25) is 10.0 Å². The molecule has 2 N–H and O–H groups in total. The van der Waals surface area contributed by atoms with Gasteiger partial charge in [0, 0.05) is 44.0 Å². The van der Waals surface area contributed by atoms with Gasteiger partial charge in [-0.1, -0.05) is 12.1 Å². The van der Waals surface area contributed by atoms with Crippen LogP contribution in [0, 0.1) is 0 Å². The van der Waals surface area contributed by atoms with Crippen LogP contribution in [0.25, 0.3) is 0 Å². The number of nitrogens with zero attached hydrogens (tertiary/aromatic N) is 5. The second-order valence-electron chi connectivity index (χ2n) is 8.38. The minimum atomic E-state index is -3.62. The third kappa shape index (κ3) is 5.20. The van der Waals surface area contributed by atoms with Crippen LogP contribution >= 0.6 is 11.6 Å². The highest BCUT2D eigenvalue weighted by Crippen LogP contribution is 2.40. The summed E-state index contributed by atoms with van der Waals surface area (Å²) in [4.78, 5) is 13.2. The number of likely N-dealkylation sites (N-methyl/N-ethyl adjacent to an activating group) is 1. The van der Waals surface area contributed by atoms with Crippen molar-refractivity contribution in [2.45, 2.75) is 35.2 Å². The van der Waals surface area contributed by atoms with Crippen LogP contribution in [-0.2, 0) is 10.0 Å². The molecular formula is C21H28ClN7O2S. The summed E-state index contributed by atoms with van der Waals surface area (Å²) in [5.41, 5.74) is 1.83. The maximum Gasteiger partial charge on any atom is 0.240 e. The molecule has 11 heteroatoms. The van der Waals surface area contributed by atoms with Gasteiger partial charge < -0.3 is 9.80 Å². The maximum atomic E-state index is 12.7. The average molecular weight is 478 g/mol. The van der Waals surface area contributed by atoms with E-state index in [0.29, 0.717) is 30.7 Å². The fraction of sp³-hybridized carbons (Fsp3) is 0.476. The molecule has 9 nitrogen and oxygen atoms in total. The Morgan fingerprint density at radius 2 is 2.09 bits per heavy atom. The van der Waals surface area contributed by atoms with Crippen LogP contribution in [0.5, 0.6) is 0 Å². The molecule has 0 spiro atoms. The van der Waals surface area contributed by atoms with Gasteiger partial charge >= 0.3 is 0 Å². The highest BCUT2D eigenvalue weighted by molar-refractivity contribution is 7.89. The Morgan fingerprint density at radius 1 is 1.31 bits per heavy atom. The maximum absolute atomic E-state index is 12.7. The van der Waals surface area contributed by atoms with Crippen molar-refractivity contribution >= 4 is 39.5 Å². The summed E-state index contributed by atoms with van der Waals surface area (Å²) in [6.07, 6.45) is 3.54. The molecule has 1 fully saturated rings. The number of aromatic nitrogens is 2. The van der Waals surface area contributed by atoms with Crippen LogP contribution in [-0.4, -0.2) is 80.1 Å². The first-order valence-electron chi connectivity index (χ1n) is 10.5. The Kier molecular flexibility index (Phi) is 6.66. The van der Waals surface area contributed by atoms with Crippen molar-refractivity contribution in [3.05, 3.63) is 41.6 Å². The lowest BCUT2D eigenvalue weighted by molar-refractivity contribution is 0.377. The van der Waals surface area contributed by atoms with Crippen LogP contribution in [0.4, 0.5) is 5.82 Å². The summed E-state index contributed by atoms with van der Waals surface area (Å²) in [6, 6.07) is 8.75. The summed E-state index contributed by atoms with van der Waals surface area (Å²) < 4.78 is 28.1. The number of aliphatic imine (C=N–C) groups is 2. The lowest BCUT2D eigenvalue weighted by Crippen LogP contribution is -2.40. The number of amidine groups is 1. The molecule has 2 atom stereocenters. The van der Waals surface area contributed by atoms with E-state index < -0.39 is 21.6 Å². The number of benzene rings is 1. The predicted molar refractivity (Wildman–Crippen MR) is 126 cm³/mol. The number of alkyl halides is 1. The van der Waals surface area contributed by atoms with Crippen LogP contribution in [0.3, 0.4) is 0 Å². The molecule has 1 aliphatic heterocycles. The number of sulfonamides is 1. The van der Waals surface area contributed by atoms with Gasteiger partial charge in [-0.05, 0) is 44.6 Å². The second-order valence-corrected chi connectivity index (χ2v) is 10.6. The Labute approximate surface area is 193 Å². The number of nitrogens with one attached hydrogen (secondary N) is 2. The number of H-pyrrole nitrogens is 1. The van der Waals surface area contributed by atoms with E-state index in [-0.39, 0.29) is 4.90 Å². The normalized spacial score (nSPS) is 22.8. The topological polar surface area (TPSA) is 106 Å². The summed E-state index contributed by atoms with van der Waals surface area (Å²) in [5.74, 6) is 1.74. The molecule has 32 heavy (non-hydrogen) atoms. The zero-order valence-electron chi connectivity index (χ0n) is 18.4. The van der Waals surface area contributed by atoms with Crippen molar-refractivity contribution in [3.63, 3.8) is 0 Å². The first-order valence-corrected chi connectivity index (χ1v) is 12.4. The summed E-state index contributed by atoms with van der Waals surface area (Å²) in [6.45, 7) is 0.944. The molecule has 1 saturated carbocycles. The van der Waals surface area contributed by atoms with E-state index >= 15 is 0 Å². The van der Waals surface area contributed by atoms with Gasteiger partial charge in [0.1, 0.15) is 17.4 Å². The van der Waals surface area contributed by atoms with E-state index in [2.05, 4.69) is 24.9 Å². The molecule has 0 saturated heterocycles. The minimum absolute atomic E-state index is 0.199. The molecular weight excluding hydrogens is 450 g/mol. The quantitative estimate of drug-likeness (QED) is 0.568.